The van der Waals surface area contributed by atoms with E-state index in [1.54, 1.807) is 0 Å². The summed E-state index contributed by atoms with van der Waals surface area (Å²) in [5, 5.41) is 0. The van der Waals surface area contributed by atoms with E-state index in [0.717, 1.165) is 25.3 Å². The van der Waals surface area contributed by atoms with E-state index in [-0.39, 0.29) is 0 Å². The average Bonchev–Trinajstić information content (AvgIpc) is 2.44. The lowest BCUT2D eigenvalue weighted by atomic mass is 10.2. The van der Waals surface area contributed by atoms with Crippen LogP contribution in [0.1, 0.15) is 19.4 Å². The van der Waals surface area contributed by atoms with E-state index < -0.39 is 46.8 Å². The topological polar surface area (TPSA) is 78.9 Å². The normalized spacial score (nSPS) is 15.6. The van der Waals surface area contributed by atoms with Crippen molar-refractivity contribution in [2.75, 3.05) is 13.5 Å². The molecule has 0 spiro atoms. The maximum absolute atomic E-state index is 12.9. The molecule has 0 saturated carbocycles. The van der Waals surface area contributed by atoms with Gasteiger partial charge in [0.15, 0.2) is 6.35 Å². The smallest absolute Gasteiger partial charge is 0.310 e. The molecule has 1 atom stereocenters. The minimum Gasteiger partial charge on any atom is -0.310 e. The largest absolute Gasteiger partial charge is 0.417 e. The Labute approximate surface area is 132 Å². The highest BCUT2D eigenvalue weighted by molar-refractivity contribution is 7.87. The number of benzene rings is 1. The van der Waals surface area contributed by atoms with E-state index >= 15 is 0 Å². The first-order chi connectivity index (χ1) is 10.4. The van der Waals surface area contributed by atoms with Gasteiger partial charge in [-0.15, -0.1) is 0 Å². The van der Waals surface area contributed by atoms with Crippen LogP contribution in [0.3, 0.4) is 0 Å². The molecule has 23 heavy (non-hydrogen) atoms. The van der Waals surface area contributed by atoms with Crippen molar-refractivity contribution in [1.29, 1.82) is 0 Å². The molecule has 0 amide bonds. The lowest BCUT2D eigenvalue weighted by Gasteiger charge is -2.19. The standard InChI is InChI=1S/C12H16F3O6PS/c1-9(2)21-22(16,19-3)8-20-23(17,18)11-7-5-4-6-10(11)12(13,14)15/h4-7,9H,8H2,1-3H3. The Bertz CT molecular complexity index is 686. The fourth-order valence-corrected chi connectivity index (χ4v) is 4.36. The molecule has 0 heterocycles. The van der Waals surface area contributed by atoms with Gasteiger partial charge >= 0.3 is 13.8 Å². The summed E-state index contributed by atoms with van der Waals surface area (Å²) in [6.07, 6.45) is -6.47. The molecular weight excluding hydrogens is 360 g/mol. The van der Waals surface area contributed by atoms with Crippen LogP contribution < -0.4 is 0 Å². The Morgan fingerprint density at radius 1 is 1.22 bits per heavy atom. The molecule has 0 aliphatic carbocycles. The van der Waals surface area contributed by atoms with Gasteiger partial charge in [-0.3, -0.25) is 8.75 Å². The minimum absolute atomic E-state index is 0.561. The number of halogens is 3. The summed E-state index contributed by atoms with van der Waals surface area (Å²) in [5.41, 5.74) is -1.38. The highest BCUT2D eigenvalue weighted by Crippen LogP contribution is 2.49. The molecule has 11 heteroatoms. The van der Waals surface area contributed by atoms with Gasteiger partial charge in [-0.1, -0.05) is 12.1 Å². The van der Waals surface area contributed by atoms with Gasteiger partial charge < -0.3 is 9.05 Å². The highest BCUT2D eigenvalue weighted by atomic mass is 32.2. The fraction of sp³-hybridized carbons (Fsp3) is 0.500. The molecule has 0 saturated heterocycles. The number of hydrogen-bond donors (Lipinski definition) is 0. The van der Waals surface area contributed by atoms with E-state index in [1.165, 1.54) is 13.8 Å². The molecule has 0 bridgehead atoms. The molecule has 1 aromatic rings. The van der Waals surface area contributed by atoms with Gasteiger partial charge in [0.25, 0.3) is 10.1 Å². The van der Waals surface area contributed by atoms with Crippen LogP contribution in [0, 0.1) is 0 Å². The molecule has 1 unspecified atom stereocenters. The Morgan fingerprint density at radius 2 is 1.78 bits per heavy atom. The summed E-state index contributed by atoms with van der Waals surface area (Å²) < 4.78 is 88.7. The van der Waals surface area contributed by atoms with Gasteiger partial charge in [-0.25, -0.2) is 0 Å². The van der Waals surface area contributed by atoms with Crippen LogP contribution >= 0.6 is 7.60 Å². The Morgan fingerprint density at radius 3 is 2.26 bits per heavy atom. The molecule has 132 valence electrons. The third-order valence-electron chi connectivity index (χ3n) is 2.48. The van der Waals surface area contributed by atoms with Crippen LogP contribution in [0.2, 0.25) is 0 Å². The molecule has 0 aromatic heterocycles. The third kappa shape index (κ3) is 5.58. The van der Waals surface area contributed by atoms with Crippen molar-refractivity contribution in [2.24, 2.45) is 0 Å². The maximum atomic E-state index is 12.9. The molecule has 0 aliphatic heterocycles. The molecular formula is C12H16F3O6PS. The SMILES string of the molecule is COP(=O)(COS(=O)(=O)c1ccccc1C(F)(F)F)OC(C)C. The Balaban J connectivity index is 3.08. The summed E-state index contributed by atoms with van der Waals surface area (Å²) in [4.78, 5) is -1.07. The van der Waals surface area contributed by atoms with Crippen LogP contribution in [-0.2, 0) is 34.1 Å². The van der Waals surface area contributed by atoms with Crippen LogP contribution in [-0.4, -0.2) is 28.0 Å². The first kappa shape index (κ1) is 20.1. The first-order valence-electron chi connectivity index (χ1n) is 6.30. The van der Waals surface area contributed by atoms with Crippen molar-refractivity contribution >= 4 is 17.7 Å². The average molecular weight is 376 g/mol. The molecule has 0 fully saturated rings. The second kappa shape index (κ2) is 7.31. The van der Waals surface area contributed by atoms with E-state index in [0.29, 0.717) is 6.07 Å². The molecule has 0 aliphatic rings. The van der Waals surface area contributed by atoms with Crippen LogP contribution in [0.5, 0.6) is 0 Å². The van der Waals surface area contributed by atoms with Gasteiger partial charge in [0.2, 0.25) is 0 Å². The zero-order valence-electron chi connectivity index (χ0n) is 12.5. The molecule has 0 N–H and O–H groups in total. The van der Waals surface area contributed by atoms with Gasteiger partial charge in [0, 0.05) is 7.11 Å². The minimum atomic E-state index is -4.88. The predicted molar refractivity (Wildman–Crippen MR) is 75.4 cm³/mol. The van der Waals surface area contributed by atoms with Crippen LogP contribution in [0.25, 0.3) is 0 Å². The number of hydrogen-bond acceptors (Lipinski definition) is 6. The maximum Gasteiger partial charge on any atom is 0.417 e. The molecule has 0 radical (unpaired) electrons. The number of rotatable bonds is 7. The van der Waals surface area contributed by atoms with Gasteiger partial charge in [-0.2, -0.15) is 21.6 Å². The summed E-state index contributed by atoms with van der Waals surface area (Å²) in [6.45, 7) is 3.05. The van der Waals surface area contributed by atoms with Gasteiger partial charge in [0.1, 0.15) is 4.90 Å². The summed E-state index contributed by atoms with van der Waals surface area (Å²) in [5.74, 6) is 0. The van der Waals surface area contributed by atoms with Crippen molar-refractivity contribution in [2.45, 2.75) is 31.0 Å². The summed E-state index contributed by atoms with van der Waals surface area (Å²) in [7, 11) is -7.70. The summed E-state index contributed by atoms with van der Waals surface area (Å²) in [6, 6.07) is 3.52. The Hall–Kier alpha value is -0.930. The molecule has 1 aromatic carbocycles. The second-order valence-corrected chi connectivity index (χ2v) is 8.28. The first-order valence-corrected chi connectivity index (χ1v) is 9.44. The molecule has 6 nitrogen and oxygen atoms in total. The van der Waals surface area contributed by atoms with Crippen LogP contribution in [0.15, 0.2) is 29.2 Å². The van der Waals surface area contributed by atoms with E-state index in [2.05, 4.69) is 8.71 Å². The van der Waals surface area contributed by atoms with Crippen molar-refractivity contribution < 1.29 is 39.4 Å². The van der Waals surface area contributed by atoms with E-state index in [1.807, 2.05) is 0 Å². The third-order valence-corrected chi connectivity index (χ3v) is 5.72. The van der Waals surface area contributed by atoms with Gasteiger partial charge in [0.05, 0.1) is 11.7 Å². The van der Waals surface area contributed by atoms with Crippen molar-refractivity contribution in [3.8, 4) is 0 Å². The van der Waals surface area contributed by atoms with Crippen LogP contribution in [0.4, 0.5) is 13.2 Å². The van der Waals surface area contributed by atoms with Crippen molar-refractivity contribution in [3.63, 3.8) is 0 Å². The number of alkyl halides is 3. The fourth-order valence-electron chi connectivity index (χ4n) is 1.56. The molecule has 1 rings (SSSR count). The summed E-state index contributed by atoms with van der Waals surface area (Å²) >= 11 is 0. The second-order valence-electron chi connectivity index (χ2n) is 4.64. The quantitative estimate of drug-likeness (QED) is 0.534. The predicted octanol–water partition coefficient (Wildman–Crippen LogP) is 3.63. The Kier molecular flexibility index (Phi) is 6.39. The van der Waals surface area contributed by atoms with E-state index in [9.17, 15) is 26.2 Å². The highest BCUT2D eigenvalue weighted by Gasteiger charge is 2.38. The zero-order chi connectivity index (χ0) is 17.9. The lowest BCUT2D eigenvalue weighted by molar-refractivity contribution is -0.140. The van der Waals surface area contributed by atoms with Crippen molar-refractivity contribution in [1.82, 2.24) is 0 Å². The zero-order valence-corrected chi connectivity index (χ0v) is 14.2. The van der Waals surface area contributed by atoms with E-state index in [4.69, 9.17) is 4.52 Å². The van der Waals surface area contributed by atoms with Gasteiger partial charge in [-0.05, 0) is 26.0 Å². The van der Waals surface area contributed by atoms with Crippen molar-refractivity contribution in [3.05, 3.63) is 29.8 Å². The lowest BCUT2D eigenvalue weighted by Crippen LogP contribution is -2.16. The monoisotopic (exact) mass is 376 g/mol.